The molecule has 0 amide bonds. The van der Waals surface area contributed by atoms with Gasteiger partial charge in [-0.25, -0.2) is 8.42 Å². The average molecular weight is 401 g/mol. The average Bonchev–Trinajstić information content (AvgIpc) is 3.18. The molecule has 1 aromatic carbocycles. The second-order valence-electron chi connectivity index (χ2n) is 6.21. The minimum absolute atomic E-state index is 0.119. The van der Waals surface area contributed by atoms with Gasteiger partial charge in [-0.2, -0.15) is 4.98 Å². The molecule has 0 saturated heterocycles. The highest BCUT2D eigenvalue weighted by Gasteiger charge is 2.22. The second kappa shape index (κ2) is 8.30. The monoisotopic (exact) mass is 401 g/mol. The van der Waals surface area contributed by atoms with Gasteiger partial charge in [0, 0.05) is 18.0 Å². The van der Waals surface area contributed by atoms with Crippen LogP contribution in [0.2, 0.25) is 0 Å². The third-order valence-electron chi connectivity index (χ3n) is 3.97. The molecule has 1 atom stereocenters. The molecule has 0 aliphatic carbocycles. The van der Waals surface area contributed by atoms with Crippen LogP contribution in [-0.4, -0.2) is 35.3 Å². The maximum absolute atomic E-state index is 12.3. The fourth-order valence-corrected chi connectivity index (χ4v) is 3.62. The van der Waals surface area contributed by atoms with Gasteiger partial charge >= 0.3 is 5.97 Å². The van der Waals surface area contributed by atoms with Crippen molar-refractivity contribution in [3.8, 4) is 11.4 Å². The second-order valence-corrected chi connectivity index (χ2v) is 8.32. The molecule has 0 bridgehead atoms. The van der Waals surface area contributed by atoms with Crippen molar-refractivity contribution in [2.45, 2.75) is 31.3 Å². The first-order valence-electron chi connectivity index (χ1n) is 8.58. The molecule has 3 aromatic rings. The summed E-state index contributed by atoms with van der Waals surface area (Å²) in [5, 5.41) is 3.83. The van der Waals surface area contributed by atoms with Crippen LogP contribution in [0.25, 0.3) is 11.4 Å². The zero-order chi connectivity index (χ0) is 20.1. The number of hydrogen-bond donors (Lipinski definition) is 0. The van der Waals surface area contributed by atoms with E-state index in [-0.39, 0.29) is 23.0 Å². The van der Waals surface area contributed by atoms with E-state index in [2.05, 4.69) is 15.1 Å². The number of hydrogen-bond acceptors (Lipinski definition) is 8. The highest BCUT2D eigenvalue weighted by molar-refractivity contribution is 7.91. The largest absolute Gasteiger partial charge is 0.452 e. The van der Waals surface area contributed by atoms with E-state index in [0.717, 1.165) is 5.56 Å². The van der Waals surface area contributed by atoms with Crippen LogP contribution in [0, 0.1) is 6.92 Å². The number of aromatic nitrogens is 3. The van der Waals surface area contributed by atoms with Gasteiger partial charge < -0.3 is 9.26 Å². The molecule has 28 heavy (non-hydrogen) atoms. The lowest BCUT2D eigenvalue weighted by atomic mass is 10.2. The number of esters is 1. The lowest BCUT2D eigenvalue weighted by Gasteiger charge is -2.09. The molecule has 0 N–H and O–H groups in total. The Morgan fingerprint density at radius 2 is 1.96 bits per heavy atom. The van der Waals surface area contributed by atoms with E-state index in [9.17, 15) is 13.2 Å². The molecule has 0 fully saturated rings. The van der Waals surface area contributed by atoms with E-state index >= 15 is 0 Å². The molecule has 2 aromatic heterocycles. The Hall–Kier alpha value is -3.07. The van der Waals surface area contributed by atoms with Crippen LogP contribution >= 0.6 is 0 Å². The van der Waals surface area contributed by atoms with Gasteiger partial charge in [0.15, 0.2) is 15.9 Å². The van der Waals surface area contributed by atoms with Crippen molar-refractivity contribution >= 4 is 15.8 Å². The first-order valence-corrected chi connectivity index (χ1v) is 10.2. The maximum Gasteiger partial charge on any atom is 0.307 e. The summed E-state index contributed by atoms with van der Waals surface area (Å²) in [6.07, 6.45) is 2.14. The van der Waals surface area contributed by atoms with Crippen molar-refractivity contribution in [2.75, 3.05) is 5.75 Å². The molecule has 9 heteroatoms. The van der Waals surface area contributed by atoms with Crippen LogP contribution in [0.3, 0.4) is 0 Å². The highest BCUT2D eigenvalue weighted by atomic mass is 32.2. The quantitative estimate of drug-likeness (QED) is 0.556. The Balaban J connectivity index is 1.57. The smallest absolute Gasteiger partial charge is 0.307 e. The van der Waals surface area contributed by atoms with E-state index in [1.54, 1.807) is 43.6 Å². The Morgan fingerprint density at radius 1 is 1.21 bits per heavy atom. The minimum atomic E-state index is -3.56. The van der Waals surface area contributed by atoms with E-state index in [4.69, 9.17) is 9.26 Å². The summed E-state index contributed by atoms with van der Waals surface area (Å²) in [6.45, 7) is 3.44. The molecule has 8 nitrogen and oxygen atoms in total. The topological polar surface area (TPSA) is 112 Å². The number of carbonyl (C=O) groups is 1. The third-order valence-corrected chi connectivity index (χ3v) is 5.70. The fourth-order valence-electron chi connectivity index (χ4n) is 2.40. The van der Waals surface area contributed by atoms with Crippen molar-refractivity contribution in [3.05, 3.63) is 60.2 Å². The van der Waals surface area contributed by atoms with Gasteiger partial charge in [0.25, 0.3) is 5.89 Å². The van der Waals surface area contributed by atoms with Gasteiger partial charge in [0.2, 0.25) is 5.82 Å². The Morgan fingerprint density at radius 3 is 2.64 bits per heavy atom. The summed E-state index contributed by atoms with van der Waals surface area (Å²) >= 11 is 0. The van der Waals surface area contributed by atoms with Crippen molar-refractivity contribution < 1.29 is 22.5 Å². The molecule has 0 radical (unpaired) electrons. The Labute approximate surface area is 162 Å². The summed E-state index contributed by atoms with van der Waals surface area (Å²) < 4.78 is 35.0. The number of carbonyl (C=O) groups excluding carboxylic acids is 1. The third kappa shape index (κ3) is 4.80. The maximum atomic E-state index is 12.3. The number of ether oxygens (including phenoxy) is 1. The molecule has 1 unspecified atom stereocenters. The van der Waals surface area contributed by atoms with Gasteiger partial charge in [-0.1, -0.05) is 22.9 Å². The fraction of sp³-hybridized carbons (Fsp3) is 0.263. The summed E-state index contributed by atoms with van der Waals surface area (Å²) in [5.74, 6) is -0.558. The van der Waals surface area contributed by atoms with Crippen LogP contribution < -0.4 is 0 Å². The summed E-state index contributed by atoms with van der Waals surface area (Å²) in [7, 11) is -3.56. The number of benzene rings is 1. The van der Waals surface area contributed by atoms with Gasteiger partial charge in [-0.15, -0.1) is 0 Å². The first kappa shape index (κ1) is 19.7. The van der Waals surface area contributed by atoms with E-state index in [1.165, 1.54) is 12.1 Å². The van der Waals surface area contributed by atoms with Gasteiger partial charge in [-0.3, -0.25) is 9.78 Å². The van der Waals surface area contributed by atoms with Crippen molar-refractivity contribution in [3.63, 3.8) is 0 Å². The number of aryl methyl sites for hydroxylation is 1. The normalized spacial score (nSPS) is 12.5. The summed E-state index contributed by atoms with van der Waals surface area (Å²) in [5.41, 5.74) is 1.62. The molecule has 3 rings (SSSR count). The van der Waals surface area contributed by atoms with Gasteiger partial charge in [0.1, 0.15) is 0 Å². The standard InChI is InChI=1S/C19H19N3O5S/c1-13-5-7-16(8-6-13)28(24,25)11-9-17(23)26-14(2)19-21-18(22-27-19)15-4-3-10-20-12-15/h3-8,10,12,14H,9,11H2,1-2H3. The zero-order valence-electron chi connectivity index (χ0n) is 15.4. The molecule has 0 aliphatic rings. The molecular formula is C19H19N3O5S. The van der Waals surface area contributed by atoms with E-state index < -0.39 is 21.9 Å². The van der Waals surface area contributed by atoms with Crippen LogP contribution in [0.4, 0.5) is 0 Å². The van der Waals surface area contributed by atoms with Crippen LogP contribution in [0.1, 0.15) is 30.9 Å². The zero-order valence-corrected chi connectivity index (χ0v) is 16.2. The molecule has 146 valence electrons. The Kier molecular flexibility index (Phi) is 5.84. The predicted molar refractivity (Wildman–Crippen MR) is 99.9 cm³/mol. The number of pyridine rings is 1. The van der Waals surface area contributed by atoms with E-state index in [0.29, 0.717) is 11.4 Å². The van der Waals surface area contributed by atoms with Crippen LogP contribution in [0.5, 0.6) is 0 Å². The number of rotatable bonds is 7. The molecular weight excluding hydrogens is 382 g/mol. The molecule has 2 heterocycles. The predicted octanol–water partition coefficient (Wildman–Crippen LogP) is 2.91. The van der Waals surface area contributed by atoms with Crippen LogP contribution in [-0.2, 0) is 19.4 Å². The lowest BCUT2D eigenvalue weighted by Crippen LogP contribution is -2.15. The number of sulfone groups is 1. The molecule has 0 saturated carbocycles. The van der Waals surface area contributed by atoms with Gasteiger partial charge in [0.05, 0.1) is 17.1 Å². The SMILES string of the molecule is Cc1ccc(S(=O)(=O)CCC(=O)OC(C)c2nc(-c3cccnc3)no2)cc1. The van der Waals surface area contributed by atoms with Crippen molar-refractivity contribution in [1.82, 2.24) is 15.1 Å². The molecule has 0 aliphatic heterocycles. The Bertz CT molecular complexity index is 1050. The highest BCUT2D eigenvalue weighted by Crippen LogP contribution is 2.20. The summed E-state index contributed by atoms with van der Waals surface area (Å²) in [4.78, 5) is 20.4. The first-order chi connectivity index (χ1) is 13.3. The van der Waals surface area contributed by atoms with E-state index in [1.807, 2.05) is 6.92 Å². The molecule has 0 spiro atoms. The van der Waals surface area contributed by atoms with Crippen molar-refractivity contribution in [1.29, 1.82) is 0 Å². The number of nitrogens with zero attached hydrogens (tertiary/aromatic N) is 3. The van der Waals surface area contributed by atoms with Crippen molar-refractivity contribution in [2.24, 2.45) is 0 Å². The minimum Gasteiger partial charge on any atom is -0.452 e. The lowest BCUT2D eigenvalue weighted by molar-refractivity contribution is -0.149. The summed E-state index contributed by atoms with van der Waals surface area (Å²) in [6, 6.07) is 9.98. The van der Waals surface area contributed by atoms with Gasteiger partial charge in [-0.05, 0) is 38.1 Å². The van der Waals surface area contributed by atoms with Crippen LogP contribution in [0.15, 0.2) is 58.2 Å².